The van der Waals surface area contributed by atoms with Crippen LogP contribution in [0.4, 0.5) is 0 Å². The summed E-state index contributed by atoms with van der Waals surface area (Å²) in [4.78, 5) is 15.2. The van der Waals surface area contributed by atoms with Gasteiger partial charge in [-0.2, -0.15) is 5.26 Å². The molecule has 0 aliphatic heterocycles. The van der Waals surface area contributed by atoms with E-state index in [0.29, 0.717) is 11.3 Å². The maximum atomic E-state index is 11.3. The number of carbonyl (C=O) groups is 1. The molecule has 0 saturated heterocycles. The highest BCUT2D eigenvalue weighted by Gasteiger charge is 2.05. The van der Waals surface area contributed by atoms with Gasteiger partial charge in [0.1, 0.15) is 11.8 Å². The van der Waals surface area contributed by atoms with Gasteiger partial charge in [0.2, 0.25) is 0 Å². The van der Waals surface area contributed by atoms with Crippen LogP contribution >= 0.6 is 0 Å². The molecule has 0 unspecified atom stereocenters. The number of hydrogen-bond donors (Lipinski definition) is 0. The van der Waals surface area contributed by atoms with Crippen LogP contribution < -0.4 is 0 Å². The van der Waals surface area contributed by atoms with E-state index in [1.807, 2.05) is 24.3 Å². The standard InChI is InChI=1S/C14H10N2O2/c1-18-14(17)11-4-2-10(3-5-11)12-6-7-16-13(8-12)9-15/h2-8H,1H3. The summed E-state index contributed by atoms with van der Waals surface area (Å²) < 4.78 is 4.63. The van der Waals surface area contributed by atoms with E-state index in [9.17, 15) is 4.79 Å². The molecular weight excluding hydrogens is 228 g/mol. The first-order chi connectivity index (χ1) is 8.74. The molecule has 88 valence electrons. The maximum absolute atomic E-state index is 11.3. The summed E-state index contributed by atoms with van der Waals surface area (Å²) in [5.41, 5.74) is 2.67. The molecule has 0 radical (unpaired) electrons. The number of ether oxygens (including phenoxy) is 1. The summed E-state index contributed by atoms with van der Waals surface area (Å²) >= 11 is 0. The molecule has 0 N–H and O–H groups in total. The predicted octanol–water partition coefficient (Wildman–Crippen LogP) is 2.41. The molecule has 1 heterocycles. The van der Waals surface area contributed by atoms with Gasteiger partial charge in [0, 0.05) is 6.20 Å². The highest BCUT2D eigenvalue weighted by atomic mass is 16.5. The molecule has 4 heteroatoms. The highest BCUT2D eigenvalue weighted by molar-refractivity contribution is 5.89. The minimum Gasteiger partial charge on any atom is -0.465 e. The molecule has 0 spiro atoms. The maximum Gasteiger partial charge on any atom is 0.337 e. The third-order valence-corrected chi connectivity index (χ3v) is 2.51. The molecular formula is C14H10N2O2. The van der Waals surface area contributed by atoms with E-state index in [1.54, 1.807) is 24.4 Å². The van der Waals surface area contributed by atoms with Crippen molar-refractivity contribution in [1.29, 1.82) is 5.26 Å². The van der Waals surface area contributed by atoms with Crippen molar-refractivity contribution >= 4 is 5.97 Å². The lowest BCUT2D eigenvalue weighted by Gasteiger charge is -2.03. The minimum atomic E-state index is -0.367. The minimum absolute atomic E-state index is 0.365. The normalized spacial score (nSPS) is 9.56. The molecule has 0 aliphatic rings. The van der Waals surface area contributed by atoms with Gasteiger partial charge in [0.15, 0.2) is 0 Å². The van der Waals surface area contributed by atoms with Crippen LogP contribution in [0.3, 0.4) is 0 Å². The second-order valence-corrected chi connectivity index (χ2v) is 3.61. The van der Waals surface area contributed by atoms with Gasteiger partial charge in [-0.1, -0.05) is 12.1 Å². The number of methoxy groups -OCH3 is 1. The molecule has 1 aromatic carbocycles. The van der Waals surface area contributed by atoms with Gasteiger partial charge in [0.25, 0.3) is 0 Å². The lowest BCUT2D eigenvalue weighted by molar-refractivity contribution is 0.0601. The lowest BCUT2D eigenvalue weighted by Crippen LogP contribution is -2.00. The molecule has 0 fully saturated rings. The Morgan fingerprint density at radius 1 is 1.22 bits per heavy atom. The van der Waals surface area contributed by atoms with Crippen molar-refractivity contribution in [3.63, 3.8) is 0 Å². The zero-order valence-electron chi connectivity index (χ0n) is 9.75. The summed E-state index contributed by atoms with van der Waals surface area (Å²) in [5.74, 6) is -0.367. The summed E-state index contributed by atoms with van der Waals surface area (Å²) in [5, 5.41) is 8.78. The van der Waals surface area contributed by atoms with E-state index in [1.165, 1.54) is 7.11 Å². The van der Waals surface area contributed by atoms with Crippen LogP contribution in [-0.4, -0.2) is 18.1 Å². The number of aromatic nitrogens is 1. The Bertz CT molecular complexity index is 612. The second kappa shape index (κ2) is 5.11. The second-order valence-electron chi connectivity index (χ2n) is 3.61. The number of esters is 1. The number of rotatable bonds is 2. The van der Waals surface area contributed by atoms with Crippen LogP contribution in [0.2, 0.25) is 0 Å². The van der Waals surface area contributed by atoms with Gasteiger partial charge in [-0.15, -0.1) is 0 Å². The topological polar surface area (TPSA) is 63.0 Å². The number of hydrogen-bond acceptors (Lipinski definition) is 4. The van der Waals surface area contributed by atoms with Crippen LogP contribution in [0.5, 0.6) is 0 Å². The van der Waals surface area contributed by atoms with Crippen LogP contribution in [-0.2, 0) is 4.74 Å². The molecule has 4 nitrogen and oxygen atoms in total. The average Bonchev–Trinajstić information content (AvgIpc) is 2.46. The van der Waals surface area contributed by atoms with Crippen molar-refractivity contribution in [3.8, 4) is 17.2 Å². The number of benzene rings is 1. The summed E-state index contributed by atoms with van der Waals surface area (Å²) in [7, 11) is 1.35. The van der Waals surface area contributed by atoms with E-state index in [-0.39, 0.29) is 5.97 Å². The fourth-order valence-corrected chi connectivity index (χ4v) is 1.59. The Kier molecular flexibility index (Phi) is 3.35. The van der Waals surface area contributed by atoms with Gasteiger partial charge < -0.3 is 4.74 Å². The monoisotopic (exact) mass is 238 g/mol. The lowest BCUT2D eigenvalue weighted by atomic mass is 10.0. The Morgan fingerprint density at radius 3 is 2.56 bits per heavy atom. The Labute approximate surface area is 104 Å². The van der Waals surface area contributed by atoms with Crippen LogP contribution in [0.15, 0.2) is 42.6 Å². The largest absolute Gasteiger partial charge is 0.465 e. The summed E-state index contributed by atoms with van der Waals surface area (Å²) in [6.45, 7) is 0. The smallest absolute Gasteiger partial charge is 0.337 e. The number of nitrogens with zero attached hydrogens (tertiary/aromatic N) is 2. The summed E-state index contributed by atoms with van der Waals surface area (Å²) in [6, 6.07) is 12.5. The number of nitriles is 1. The third kappa shape index (κ3) is 2.36. The number of carbonyl (C=O) groups excluding carboxylic acids is 1. The van der Waals surface area contributed by atoms with Gasteiger partial charge in [0.05, 0.1) is 12.7 Å². The van der Waals surface area contributed by atoms with E-state index < -0.39 is 0 Å². The molecule has 0 saturated carbocycles. The molecule has 2 aromatic rings. The van der Waals surface area contributed by atoms with Crippen LogP contribution in [0.25, 0.3) is 11.1 Å². The van der Waals surface area contributed by atoms with Crippen LogP contribution in [0.1, 0.15) is 16.1 Å². The van der Waals surface area contributed by atoms with Gasteiger partial charge in [-0.05, 0) is 35.4 Å². The number of pyridine rings is 1. The molecule has 0 bridgehead atoms. The van der Waals surface area contributed by atoms with Gasteiger partial charge >= 0.3 is 5.97 Å². The van der Waals surface area contributed by atoms with Crippen molar-refractivity contribution in [2.45, 2.75) is 0 Å². The molecule has 0 atom stereocenters. The zero-order chi connectivity index (χ0) is 13.0. The van der Waals surface area contributed by atoms with Crippen molar-refractivity contribution in [3.05, 3.63) is 53.9 Å². The Balaban J connectivity index is 2.34. The first kappa shape index (κ1) is 11.8. The SMILES string of the molecule is COC(=O)c1ccc(-c2ccnc(C#N)c2)cc1. The van der Waals surface area contributed by atoms with E-state index in [2.05, 4.69) is 9.72 Å². The van der Waals surface area contributed by atoms with Crippen molar-refractivity contribution in [2.75, 3.05) is 7.11 Å². The van der Waals surface area contributed by atoms with E-state index in [0.717, 1.165) is 11.1 Å². The fraction of sp³-hybridized carbons (Fsp3) is 0.0714. The fourth-order valence-electron chi connectivity index (χ4n) is 1.59. The molecule has 1 aromatic heterocycles. The molecule has 18 heavy (non-hydrogen) atoms. The van der Waals surface area contributed by atoms with Crippen LogP contribution in [0, 0.1) is 11.3 Å². The quantitative estimate of drug-likeness (QED) is 0.753. The molecule has 0 aliphatic carbocycles. The van der Waals surface area contributed by atoms with Crippen molar-refractivity contribution < 1.29 is 9.53 Å². The zero-order valence-corrected chi connectivity index (χ0v) is 9.75. The Hall–Kier alpha value is -2.67. The third-order valence-electron chi connectivity index (χ3n) is 2.51. The van der Waals surface area contributed by atoms with Gasteiger partial charge in [-0.25, -0.2) is 9.78 Å². The van der Waals surface area contributed by atoms with Gasteiger partial charge in [-0.3, -0.25) is 0 Å². The van der Waals surface area contributed by atoms with E-state index in [4.69, 9.17) is 5.26 Å². The van der Waals surface area contributed by atoms with Crippen molar-refractivity contribution in [1.82, 2.24) is 4.98 Å². The molecule has 2 rings (SSSR count). The predicted molar refractivity (Wildman–Crippen MR) is 65.7 cm³/mol. The van der Waals surface area contributed by atoms with Crippen molar-refractivity contribution in [2.24, 2.45) is 0 Å². The highest BCUT2D eigenvalue weighted by Crippen LogP contribution is 2.20. The molecule has 0 amide bonds. The average molecular weight is 238 g/mol. The first-order valence-electron chi connectivity index (χ1n) is 5.29. The summed E-state index contributed by atoms with van der Waals surface area (Å²) in [6.07, 6.45) is 1.59. The Morgan fingerprint density at radius 2 is 1.94 bits per heavy atom. The van der Waals surface area contributed by atoms with E-state index >= 15 is 0 Å². The first-order valence-corrected chi connectivity index (χ1v) is 5.29.